The zero-order valence-electron chi connectivity index (χ0n) is 46.5. The van der Waals surface area contributed by atoms with Gasteiger partial charge in [0.25, 0.3) is 0 Å². The fraction of sp³-hybridized carbons (Fsp3) is 1.00. The summed E-state index contributed by atoms with van der Waals surface area (Å²) in [6, 6.07) is -8.13. The molecule has 16 unspecified atom stereocenters. The molecule has 0 bridgehead atoms. The molecule has 10 aliphatic rings. The van der Waals surface area contributed by atoms with Gasteiger partial charge in [0, 0.05) is 37.3 Å². The highest BCUT2D eigenvalue weighted by atomic mass is 16.8. The van der Waals surface area contributed by atoms with Crippen LogP contribution >= 0.6 is 0 Å². The van der Waals surface area contributed by atoms with Crippen LogP contribution in [0.1, 0.15) is 12.8 Å². The second-order valence-electron chi connectivity index (χ2n) is 23.6. The lowest BCUT2D eigenvalue weighted by molar-refractivity contribution is -0.306. The van der Waals surface area contributed by atoms with Crippen LogP contribution in [0.5, 0.6) is 0 Å². The highest BCUT2D eigenvalue weighted by Crippen LogP contribution is 2.39. The van der Waals surface area contributed by atoms with E-state index >= 15 is 0 Å². The van der Waals surface area contributed by atoms with Gasteiger partial charge >= 0.3 is 0 Å². The first-order valence-electron chi connectivity index (χ1n) is 28.7. The average Bonchev–Trinajstić information content (AvgIpc) is 1.77. The van der Waals surface area contributed by atoms with Gasteiger partial charge in [-0.25, -0.2) is 0 Å². The molecule has 0 amide bonds. The summed E-state index contributed by atoms with van der Waals surface area (Å²) in [5, 5.41) is 147. The Hall–Kier alpha value is -1.52. The lowest BCUT2D eigenvalue weighted by Gasteiger charge is -2.47. The molecule has 38 nitrogen and oxygen atoms in total. The van der Waals surface area contributed by atoms with Crippen LogP contribution in [-0.2, 0) is 66.3 Å². The average molecular weight is 1260 g/mol. The molecule has 0 aromatic heterocycles. The molecule has 0 radical (unpaired) electrons. The smallest absolute Gasteiger partial charge is 0.187 e. The number of ether oxygens (including phenoxy) is 14. The molecule has 10 rings (SSSR count). The van der Waals surface area contributed by atoms with Gasteiger partial charge in [-0.2, -0.15) is 0 Å². The van der Waals surface area contributed by atoms with Gasteiger partial charge in [0.1, 0.15) is 146 Å². The van der Waals surface area contributed by atoms with Crippen molar-refractivity contribution >= 4 is 0 Å². The van der Waals surface area contributed by atoms with Gasteiger partial charge in [0.05, 0.1) is 62.8 Å². The van der Waals surface area contributed by atoms with E-state index in [0.717, 1.165) is 0 Å². The number of nitrogens with two attached hydrogens (primary N) is 10. The Labute approximate surface area is 491 Å². The Morgan fingerprint density at radius 1 is 0.302 bits per heavy atom. The van der Waals surface area contributed by atoms with Crippen LogP contribution in [0.4, 0.5) is 0 Å². The summed E-state index contributed by atoms with van der Waals surface area (Å²) in [5.74, 6) is 0. The standard InChI is InChI=1S/2C24H45N5O14/c2*25-2-8-13(33)14(34)10(28)22(38-8)42-19-9(3-30)39-24(16(19)36)43-21-12(32)5(26)1-6(27)17(21)40-23-11(29)15(35)20-18(41-23)7(31)4-37-20/h2*5-24,30-36H,1-4,25-29H2/t2*5-,6?,7?,8?,9-,10?,11?,12?,13-,14+,15-,16?,17-,18?,19+,20+,21-,22-,23+,24+/m11/s1. The van der Waals surface area contributed by atoms with Crippen LogP contribution in [0.15, 0.2) is 0 Å². The Morgan fingerprint density at radius 2 is 0.605 bits per heavy atom. The Bertz CT molecular complexity index is 2000. The predicted molar refractivity (Wildman–Crippen MR) is 278 cm³/mol. The highest BCUT2D eigenvalue weighted by Gasteiger charge is 2.59. The van der Waals surface area contributed by atoms with E-state index in [0.29, 0.717) is 0 Å². The van der Waals surface area contributed by atoms with Crippen molar-refractivity contribution in [1.82, 2.24) is 0 Å². The minimum Gasteiger partial charge on any atom is -0.394 e. The monoisotopic (exact) mass is 1250 g/mol. The van der Waals surface area contributed by atoms with Crippen molar-refractivity contribution < 1.29 is 138 Å². The van der Waals surface area contributed by atoms with Crippen LogP contribution in [0.25, 0.3) is 0 Å². The molecular formula is C48H90N10O28. The summed E-state index contributed by atoms with van der Waals surface area (Å²) in [6.45, 7) is -1.74. The predicted octanol–water partition coefficient (Wildman–Crippen LogP) is -16.9. The van der Waals surface area contributed by atoms with E-state index < -0.39 is 258 Å². The van der Waals surface area contributed by atoms with Crippen LogP contribution in [0, 0.1) is 0 Å². The molecule has 10 fully saturated rings. The van der Waals surface area contributed by atoms with Gasteiger partial charge in [0.15, 0.2) is 37.7 Å². The Kier molecular flexibility index (Phi) is 23.0. The summed E-state index contributed by atoms with van der Waals surface area (Å²) in [7, 11) is 0. The molecule has 0 aromatic carbocycles. The zero-order valence-corrected chi connectivity index (χ0v) is 46.5. The van der Waals surface area contributed by atoms with Crippen molar-refractivity contribution in [3.63, 3.8) is 0 Å². The maximum absolute atomic E-state index is 11.1. The van der Waals surface area contributed by atoms with Crippen molar-refractivity contribution in [3.05, 3.63) is 0 Å². The fourth-order valence-electron chi connectivity index (χ4n) is 12.6. The van der Waals surface area contributed by atoms with Gasteiger partial charge in [-0.1, -0.05) is 0 Å². The van der Waals surface area contributed by atoms with Crippen LogP contribution in [0.3, 0.4) is 0 Å². The van der Waals surface area contributed by atoms with E-state index in [-0.39, 0.29) is 39.1 Å². The lowest BCUT2D eigenvalue weighted by atomic mass is 9.84. The first-order chi connectivity index (χ1) is 40.7. The molecule has 0 spiro atoms. The van der Waals surface area contributed by atoms with Crippen LogP contribution in [-0.4, -0.2) is 356 Å². The lowest BCUT2D eigenvalue weighted by Crippen LogP contribution is -2.68. The van der Waals surface area contributed by atoms with Gasteiger partial charge < -0.3 is 195 Å². The van der Waals surface area contributed by atoms with E-state index in [4.69, 9.17) is 124 Å². The van der Waals surface area contributed by atoms with Crippen molar-refractivity contribution in [3.8, 4) is 0 Å². The third kappa shape index (κ3) is 13.6. The molecular weight excluding hydrogens is 1160 g/mol. The summed E-state index contributed by atoms with van der Waals surface area (Å²) in [5.41, 5.74) is 60.4. The molecule has 8 saturated heterocycles. The molecule has 8 heterocycles. The number of aliphatic hydroxyl groups excluding tert-OH is 14. The third-order valence-corrected chi connectivity index (χ3v) is 17.8. The van der Waals surface area contributed by atoms with E-state index in [1.54, 1.807) is 0 Å². The normalized spacial score (nSPS) is 55.8. The van der Waals surface area contributed by atoms with Crippen molar-refractivity contribution in [1.29, 1.82) is 0 Å². The third-order valence-electron chi connectivity index (χ3n) is 17.8. The first kappa shape index (κ1) is 68.8. The van der Waals surface area contributed by atoms with E-state index in [1.165, 1.54) is 0 Å². The Balaban J connectivity index is 0.000000205. The summed E-state index contributed by atoms with van der Waals surface area (Å²) < 4.78 is 80.7. The SMILES string of the molecule is NCC1O[C@H](O[C@@H]2C(O)[C@H](O[C@@H]3C(O)[C@H](N)CC(N)[C@H]3O[C@H]3OC4C(O)CO[C@H]4[C@H](O)C3N)O[C@@H]2CO)C(N)[C@H](O)[C@@H]1O.NCC1O[C@H](O[C@@H]2C(O)[C@H](O[C@@H]3C(O)[C@H](N)CC(N)[C@H]3O[C@H]3OC4C(O)CO[C@H]4[C@H](O)C3N)O[C@@H]2CO)C(N)[C@H](O)[C@@H]1O. The second-order valence-corrected chi connectivity index (χ2v) is 23.6. The van der Waals surface area contributed by atoms with Gasteiger partial charge in [-0.3, -0.25) is 0 Å². The molecule has 0 aromatic rings. The second kappa shape index (κ2) is 28.8. The highest BCUT2D eigenvalue weighted by molar-refractivity contribution is 5.06. The molecule has 2 saturated carbocycles. The first-order valence-corrected chi connectivity index (χ1v) is 28.7. The maximum atomic E-state index is 11.1. The number of aliphatic hydroxyl groups is 14. The minimum atomic E-state index is -1.60. The number of hydrogen-bond acceptors (Lipinski definition) is 38. The molecule has 500 valence electrons. The quantitative estimate of drug-likeness (QED) is 0.0682. The number of rotatable bonds is 16. The number of hydrogen-bond donors (Lipinski definition) is 24. The molecule has 38 heteroatoms. The molecule has 40 atom stereocenters. The van der Waals surface area contributed by atoms with Crippen molar-refractivity contribution in [2.24, 2.45) is 57.3 Å². The van der Waals surface area contributed by atoms with E-state index in [2.05, 4.69) is 0 Å². The van der Waals surface area contributed by atoms with Crippen molar-refractivity contribution in [2.45, 2.75) is 258 Å². The van der Waals surface area contributed by atoms with Crippen LogP contribution < -0.4 is 57.3 Å². The van der Waals surface area contributed by atoms with E-state index in [1.807, 2.05) is 0 Å². The molecule has 86 heavy (non-hydrogen) atoms. The fourth-order valence-corrected chi connectivity index (χ4v) is 12.6. The maximum Gasteiger partial charge on any atom is 0.187 e. The molecule has 2 aliphatic carbocycles. The zero-order chi connectivity index (χ0) is 62.7. The van der Waals surface area contributed by atoms with Crippen LogP contribution in [0.2, 0.25) is 0 Å². The van der Waals surface area contributed by atoms with E-state index in [9.17, 15) is 71.5 Å². The summed E-state index contributed by atoms with van der Waals surface area (Å²) >= 11 is 0. The minimum absolute atomic E-state index is 0.0660. The molecule has 8 aliphatic heterocycles. The van der Waals surface area contributed by atoms with Gasteiger partial charge in [0.2, 0.25) is 0 Å². The van der Waals surface area contributed by atoms with Crippen molar-refractivity contribution in [2.75, 3.05) is 39.5 Å². The van der Waals surface area contributed by atoms with Gasteiger partial charge in [-0.05, 0) is 12.8 Å². The number of fused-ring (bicyclic) bond motifs is 2. The summed E-state index contributed by atoms with van der Waals surface area (Å²) in [4.78, 5) is 0. The Morgan fingerprint density at radius 3 is 0.942 bits per heavy atom. The molecule has 34 N–H and O–H groups in total. The topological polar surface area (TPSA) is 673 Å². The van der Waals surface area contributed by atoms with Gasteiger partial charge in [-0.15, -0.1) is 0 Å². The largest absolute Gasteiger partial charge is 0.394 e. The summed E-state index contributed by atoms with van der Waals surface area (Å²) in [6.07, 6.45) is -39.9.